The number of fused-ring (bicyclic) bond motifs is 1. The highest BCUT2D eigenvalue weighted by molar-refractivity contribution is 5.91. The molecule has 2 aliphatic heterocycles. The number of carboxylic acids is 1. The highest BCUT2D eigenvalue weighted by Crippen LogP contribution is 2.33. The first-order chi connectivity index (χ1) is 16.1. The fraction of sp³-hybridized carbons (Fsp3) is 0.455. The van der Waals surface area contributed by atoms with E-state index in [0.29, 0.717) is 25.5 Å². The third kappa shape index (κ3) is 4.41. The Hall–Kier alpha value is -3.44. The quantitative estimate of drug-likeness (QED) is 0.580. The molecular formula is C22H25N7O4. The SMILES string of the molecule is O=C(O)c1ccc([C@@H](O)[C@H]2CCCN(c3nnnc4cc(N5CCOCC5)ccc34)C2)nn1. The summed E-state index contributed by atoms with van der Waals surface area (Å²) in [7, 11) is 0. The van der Waals surface area contributed by atoms with Crippen LogP contribution in [-0.2, 0) is 4.74 Å². The molecule has 2 saturated heterocycles. The van der Waals surface area contributed by atoms with E-state index in [1.807, 2.05) is 12.1 Å². The number of piperidine rings is 1. The van der Waals surface area contributed by atoms with Crippen molar-refractivity contribution in [1.82, 2.24) is 25.6 Å². The van der Waals surface area contributed by atoms with Gasteiger partial charge in [-0.15, -0.1) is 15.3 Å². The number of hydrogen-bond acceptors (Lipinski definition) is 10. The Morgan fingerprint density at radius 3 is 2.64 bits per heavy atom. The highest BCUT2D eigenvalue weighted by atomic mass is 16.5. The second-order valence-electron chi connectivity index (χ2n) is 8.36. The summed E-state index contributed by atoms with van der Waals surface area (Å²) in [6, 6.07) is 9.04. The minimum Gasteiger partial charge on any atom is -0.476 e. The summed E-state index contributed by atoms with van der Waals surface area (Å²) >= 11 is 0. The number of benzene rings is 1. The molecule has 33 heavy (non-hydrogen) atoms. The number of morpholine rings is 1. The van der Waals surface area contributed by atoms with Crippen molar-refractivity contribution in [2.75, 3.05) is 49.2 Å². The third-order valence-electron chi connectivity index (χ3n) is 6.30. The maximum Gasteiger partial charge on any atom is 0.356 e. The molecular weight excluding hydrogens is 426 g/mol. The number of aliphatic hydroxyl groups excluding tert-OH is 1. The number of carboxylic acid groups (broad SMARTS) is 1. The number of hydrogen-bond donors (Lipinski definition) is 2. The Balaban J connectivity index is 1.36. The lowest BCUT2D eigenvalue weighted by Crippen LogP contribution is -2.39. The van der Waals surface area contributed by atoms with Gasteiger partial charge in [0.2, 0.25) is 0 Å². The van der Waals surface area contributed by atoms with Crippen molar-refractivity contribution in [1.29, 1.82) is 0 Å². The molecule has 2 N–H and O–H groups in total. The van der Waals surface area contributed by atoms with Gasteiger partial charge in [0.25, 0.3) is 0 Å². The first kappa shape index (κ1) is 21.4. The van der Waals surface area contributed by atoms with Crippen LogP contribution in [0.4, 0.5) is 11.5 Å². The Kier molecular flexibility index (Phi) is 5.97. The summed E-state index contributed by atoms with van der Waals surface area (Å²) in [4.78, 5) is 15.4. The molecule has 0 unspecified atom stereocenters. The van der Waals surface area contributed by atoms with Gasteiger partial charge in [-0.05, 0) is 48.4 Å². The molecule has 0 radical (unpaired) electrons. The standard InChI is InChI=1S/C22H25N7O4/c30-20(17-5-6-18(22(31)32)24-23-17)14-2-1-7-29(13-14)21-16-4-3-15(12-19(16)25-27-26-21)28-8-10-33-11-9-28/h3-6,12,14,20,30H,1-2,7-11,13H2,(H,31,32)/t14-,20-/m0/s1. The van der Waals surface area contributed by atoms with Gasteiger partial charge in [0.15, 0.2) is 11.5 Å². The number of aliphatic hydroxyl groups is 1. The van der Waals surface area contributed by atoms with Crippen LogP contribution in [0.15, 0.2) is 30.3 Å². The molecule has 0 saturated carbocycles. The average molecular weight is 451 g/mol. The van der Waals surface area contributed by atoms with Crippen LogP contribution in [0, 0.1) is 5.92 Å². The van der Waals surface area contributed by atoms with Gasteiger partial charge >= 0.3 is 5.97 Å². The predicted molar refractivity (Wildman–Crippen MR) is 119 cm³/mol. The number of rotatable bonds is 5. The van der Waals surface area contributed by atoms with E-state index in [1.54, 1.807) is 0 Å². The van der Waals surface area contributed by atoms with Crippen LogP contribution in [0.1, 0.15) is 35.1 Å². The van der Waals surface area contributed by atoms with Crippen molar-refractivity contribution in [3.05, 3.63) is 41.7 Å². The van der Waals surface area contributed by atoms with Crippen molar-refractivity contribution >= 4 is 28.4 Å². The monoisotopic (exact) mass is 451 g/mol. The Labute approximate surface area is 190 Å². The fourth-order valence-electron chi connectivity index (χ4n) is 4.53. The van der Waals surface area contributed by atoms with Crippen molar-refractivity contribution in [2.45, 2.75) is 18.9 Å². The second kappa shape index (κ2) is 9.20. The summed E-state index contributed by atoms with van der Waals surface area (Å²) in [5.41, 5.74) is 2.09. The average Bonchev–Trinajstić information content (AvgIpc) is 2.88. The molecule has 2 fully saturated rings. The maximum absolute atomic E-state index is 11.0. The van der Waals surface area contributed by atoms with Gasteiger partial charge in [-0.3, -0.25) is 0 Å². The van der Waals surface area contributed by atoms with Gasteiger partial charge < -0.3 is 24.7 Å². The number of nitrogens with zero attached hydrogens (tertiary/aromatic N) is 7. The molecule has 0 spiro atoms. The number of ether oxygens (including phenoxy) is 1. The summed E-state index contributed by atoms with van der Waals surface area (Å²) in [5.74, 6) is -0.494. The van der Waals surface area contributed by atoms with Crippen LogP contribution in [0.5, 0.6) is 0 Å². The van der Waals surface area contributed by atoms with E-state index >= 15 is 0 Å². The van der Waals surface area contributed by atoms with Crippen molar-refractivity contribution in [2.24, 2.45) is 5.92 Å². The predicted octanol–water partition coefficient (Wildman–Crippen LogP) is 1.30. The first-order valence-corrected chi connectivity index (χ1v) is 11.1. The Bertz CT molecular complexity index is 1140. The molecule has 3 aromatic rings. The molecule has 11 nitrogen and oxygen atoms in total. The van der Waals surface area contributed by atoms with Crippen LogP contribution in [-0.4, -0.2) is 81.2 Å². The van der Waals surface area contributed by atoms with Crippen LogP contribution in [0.25, 0.3) is 10.9 Å². The zero-order valence-corrected chi connectivity index (χ0v) is 18.0. The molecule has 0 aliphatic carbocycles. The molecule has 2 atom stereocenters. The first-order valence-electron chi connectivity index (χ1n) is 11.1. The van der Waals surface area contributed by atoms with Crippen LogP contribution < -0.4 is 9.80 Å². The highest BCUT2D eigenvalue weighted by Gasteiger charge is 2.30. The molecule has 172 valence electrons. The summed E-state index contributed by atoms with van der Waals surface area (Å²) < 4.78 is 5.44. The lowest BCUT2D eigenvalue weighted by Gasteiger charge is -2.35. The third-order valence-corrected chi connectivity index (χ3v) is 6.30. The van der Waals surface area contributed by atoms with E-state index in [4.69, 9.17) is 9.84 Å². The largest absolute Gasteiger partial charge is 0.476 e. The summed E-state index contributed by atoms with van der Waals surface area (Å²) in [6.07, 6.45) is 0.842. The number of aromatic nitrogens is 5. The lowest BCUT2D eigenvalue weighted by molar-refractivity contribution is 0.0686. The van der Waals surface area contributed by atoms with Gasteiger partial charge in [-0.1, -0.05) is 0 Å². The van der Waals surface area contributed by atoms with E-state index in [-0.39, 0.29) is 11.6 Å². The topological polar surface area (TPSA) is 138 Å². The lowest BCUT2D eigenvalue weighted by atomic mass is 9.90. The molecule has 5 rings (SSSR count). The van der Waals surface area contributed by atoms with Gasteiger partial charge in [0, 0.05) is 43.2 Å². The van der Waals surface area contributed by atoms with Gasteiger partial charge in [0.1, 0.15) is 11.6 Å². The molecule has 0 bridgehead atoms. The Morgan fingerprint density at radius 2 is 1.88 bits per heavy atom. The van der Waals surface area contributed by atoms with E-state index in [9.17, 15) is 9.90 Å². The van der Waals surface area contributed by atoms with Crippen molar-refractivity contribution in [3.63, 3.8) is 0 Å². The maximum atomic E-state index is 11.0. The minimum absolute atomic E-state index is 0.0960. The van der Waals surface area contributed by atoms with E-state index in [0.717, 1.165) is 54.9 Å². The normalized spacial score (nSPS) is 20.1. The summed E-state index contributed by atoms with van der Waals surface area (Å²) in [6.45, 7) is 4.49. The second-order valence-corrected chi connectivity index (χ2v) is 8.36. The smallest absolute Gasteiger partial charge is 0.356 e. The number of anilines is 2. The molecule has 2 aromatic heterocycles. The molecule has 2 aliphatic rings. The van der Waals surface area contributed by atoms with Crippen molar-refractivity contribution in [3.8, 4) is 0 Å². The fourth-order valence-corrected chi connectivity index (χ4v) is 4.53. The van der Waals surface area contributed by atoms with Gasteiger partial charge in [-0.25, -0.2) is 4.79 Å². The van der Waals surface area contributed by atoms with Crippen LogP contribution >= 0.6 is 0 Å². The van der Waals surface area contributed by atoms with Gasteiger partial charge in [-0.2, -0.15) is 5.10 Å². The van der Waals surface area contributed by atoms with E-state index < -0.39 is 12.1 Å². The van der Waals surface area contributed by atoms with Crippen LogP contribution in [0.3, 0.4) is 0 Å². The zero-order valence-electron chi connectivity index (χ0n) is 18.0. The van der Waals surface area contributed by atoms with Gasteiger partial charge in [0.05, 0.1) is 18.9 Å². The number of aromatic carboxylic acids is 1. The molecule has 4 heterocycles. The Morgan fingerprint density at radius 1 is 1.03 bits per heavy atom. The van der Waals surface area contributed by atoms with Crippen LogP contribution in [0.2, 0.25) is 0 Å². The summed E-state index contributed by atoms with van der Waals surface area (Å²) in [5, 5.41) is 41.0. The van der Waals surface area contributed by atoms with Crippen molar-refractivity contribution < 1.29 is 19.7 Å². The minimum atomic E-state index is -1.15. The number of carbonyl (C=O) groups is 1. The van der Waals surface area contributed by atoms with E-state index in [2.05, 4.69) is 41.5 Å². The zero-order chi connectivity index (χ0) is 22.8. The molecule has 0 amide bonds. The van der Waals surface area contributed by atoms with E-state index in [1.165, 1.54) is 12.1 Å². The molecule has 1 aromatic carbocycles. The molecule has 11 heteroatoms.